The number of ether oxygens (including phenoxy) is 1. The summed E-state index contributed by atoms with van der Waals surface area (Å²) < 4.78 is 11.7. The summed E-state index contributed by atoms with van der Waals surface area (Å²) >= 11 is 0. The summed E-state index contributed by atoms with van der Waals surface area (Å²) in [6, 6.07) is 11.1. The minimum atomic E-state index is -1.82. The molecule has 5 heteroatoms. The minimum Gasteiger partial charge on any atom is -0.469 e. The van der Waals surface area contributed by atoms with Crippen LogP contribution in [0.25, 0.3) is 0 Å². The van der Waals surface area contributed by atoms with Crippen molar-refractivity contribution < 1.29 is 32.8 Å². The average molecular weight is 326 g/mol. The summed E-state index contributed by atoms with van der Waals surface area (Å²) in [4.78, 5) is 12.7. The van der Waals surface area contributed by atoms with Crippen molar-refractivity contribution in [2.75, 3.05) is 7.11 Å². The maximum Gasteiger partial charge on any atom is 1.00 e. The van der Waals surface area contributed by atoms with E-state index in [1.54, 1.807) is 0 Å². The normalized spacial score (nSPS) is 18.6. The van der Waals surface area contributed by atoms with Gasteiger partial charge in [-0.2, -0.15) is 30.3 Å². The molecule has 0 bridgehead atoms. The molecule has 0 radical (unpaired) electrons. The minimum absolute atomic E-state index is 0. The van der Waals surface area contributed by atoms with E-state index in [1.807, 2.05) is 24.3 Å². The van der Waals surface area contributed by atoms with Crippen LogP contribution in [-0.4, -0.2) is 21.4 Å². The van der Waals surface area contributed by atoms with E-state index < -0.39 is 13.7 Å². The van der Waals surface area contributed by atoms with Crippen molar-refractivity contribution in [2.45, 2.75) is 57.8 Å². The SMILES string of the molecule is COC(=O)C1([C@@H](O[Si](C)(C)C)c2[c-]cccc2)CCCCC1.[Li+]. The van der Waals surface area contributed by atoms with E-state index >= 15 is 0 Å². The van der Waals surface area contributed by atoms with Gasteiger partial charge in [0.15, 0.2) is 8.32 Å². The molecule has 0 N–H and O–H groups in total. The molecule has 0 unspecified atom stereocenters. The molecule has 23 heavy (non-hydrogen) atoms. The molecular weight excluding hydrogens is 299 g/mol. The predicted molar refractivity (Wildman–Crippen MR) is 90.0 cm³/mol. The van der Waals surface area contributed by atoms with Crippen LogP contribution >= 0.6 is 0 Å². The van der Waals surface area contributed by atoms with Gasteiger partial charge >= 0.3 is 24.8 Å². The Morgan fingerprint density at radius 1 is 1.22 bits per heavy atom. The standard InChI is InChI=1S/C18H27O3Si.Li/c1-20-17(19)18(13-9-6-10-14-18)16(21-22(2,3)4)15-11-7-5-8-12-15;/h5,7-8,11,16H,6,9-10,13-14H2,1-4H3;/q-1;+1/t16-;/m0./s1. The molecule has 1 saturated carbocycles. The molecule has 1 aromatic rings. The fourth-order valence-corrected chi connectivity index (χ4v) is 4.42. The van der Waals surface area contributed by atoms with Crippen molar-refractivity contribution in [1.82, 2.24) is 0 Å². The summed E-state index contributed by atoms with van der Waals surface area (Å²) in [5.74, 6) is -0.132. The van der Waals surface area contributed by atoms with Crippen LogP contribution in [0.15, 0.2) is 24.3 Å². The van der Waals surface area contributed by atoms with Crippen LogP contribution in [-0.2, 0) is 14.0 Å². The van der Waals surface area contributed by atoms with E-state index in [4.69, 9.17) is 9.16 Å². The number of methoxy groups -OCH3 is 1. The van der Waals surface area contributed by atoms with Gasteiger partial charge in [-0.15, -0.1) is 5.56 Å². The molecule has 122 valence electrons. The smallest absolute Gasteiger partial charge is 0.469 e. The Bertz CT molecular complexity index is 493. The number of benzene rings is 1. The van der Waals surface area contributed by atoms with Gasteiger partial charge in [0, 0.05) is 0 Å². The molecule has 3 nitrogen and oxygen atoms in total. The fourth-order valence-electron chi connectivity index (χ4n) is 3.36. The third kappa shape index (κ3) is 4.97. The summed E-state index contributed by atoms with van der Waals surface area (Å²) in [5.41, 5.74) is 0.405. The molecule has 0 amide bonds. The summed E-state index contributed by atoms with van der Waals surface area (Å²) in [6.45, 7) is 6.49. The molecule has 0 spiro atoms. The summed E-state index contributed by atoms with van der Waals surface area (Å²) in [5, 5.41) is 0. The van der Waals surface area contributed by atoms with Gasteiger partial charge < -0.3 is 9.16 Å². The van der Waals surface area contributed by atoms with E-state index in [1.165, 1.54) is 13.5 Å². The Balaban J connectivity index is 0.00000264. The van der Waals surface area contributed by atoms with Crippen molar-refractivity contribution >= 4 is 14.3 Å². The Morgan fingerprint density at radius 2 is 1.87 bits per heavy atom. The van der Waals surface area contributed by atoms with Crippen molar-refractivity contribution in [3.63, 3.8) is 0 Å². The molecule has 1 fully saturated rings. The Labute approximate surface area is 153 Å². The van der Waals surface area contributed by atoms with Crippen molar-refractivity contribution in [3.8, 4) is 0 Å². The summed E-state index contributed by atoms with van der Waals surface area (Å²) in [6.07, 6.45) is 4.68. The first kappa shape index (κ1) is 20.5. The number of carbonyl (C=O) groups excluding carboxylic acids is 1. The molecule has 1 aliphatic rings. The monoisotopic (exact) mass is 326 g/mol. The third-order valence-corrected chi connectivity index (χ3v) is 5.27. The maximum atomic E-state index is 12.7. The first-order valence-corrected chi connectivity index (χ1v) is 11.5. The van der Waals surface area contributed by atoms with Crippen LogP contribution in [0.4, 0.5) is 0 Å². The van der Waals surface area contributed by atoms with Gasteiger partial charge in [-0.3, -0.25) is 4.79 Å². The van der Waals surface area contributed by atoms with E-state index in [0.717, 1.165) is 31.2 Å². The number of esters is 1. The van der Waals surface area contributed by atoms with Crippen LogP contribution in [0.2, 0.25) is 19.6 Å². The topological polar surface area (TPSA) is 35.5 Å². The van der Waals surface area contributed by atoms with E-state index in [9.17, 15) is 4.79 Å². The molecule has 1 aromatic carbocycles. The zero-order valence-electron chi connectivity index (χ0n) is 15.1. The second-order valence-electron chi connectivity index (χ2n) is 7.14. The maximum absolute atomic E-state index is 12.7. The quantitative estimate of drug-likeness (QED) is 0.467. The zero-order chi connectivity index (χ0) is 16.2. The molecule has 2 rings (SSSR count). The number of hydrogen-bond donors (Lipinski definition) is 0. The van der Waals surface area contributed by atoms with Gasteiger partial charge in [-0.1, -0.05) is 19.3 Å². The van der Waals surface area contributed by atoms with E-state index in [2.05, 4.69) is 25.7 Å². The summed E-state index contributed by atoms with van der Waals surface area (Å²) in [7, 11) is -0.335. The second kappa shape index (κ2) is 8.53. The number of rotatable bonds is 5. The number of hydrogen-bond acceptors (Lipinski definition) is 3. The molecule has 1 atom stereocenters. The van der Waals surface area contributed by atoms with E-state index in [-0.39, 0.29) is 30.9 Å². The van der Waals surface area contributed by atoms with Crippen molar-refractivity contribution in [1.29, 1.82) is 0 Å². The van der Waals surface area contributed by atoms with Gasteiger partial charge in [0.2, 0.25) is 0 Å². The predicted octanol–water partition coefficient (Wildman–Crippen LogP) is 1.51. The van der Waals surface area contributed by atoms with Gasteiger partial charge in [-0.05, 0) is 32.5 Å². The van der Waals surface area contributed by atoms with Crippen LogP contribution in [0.5, 0.6) is 0 Å². The van der Waals surface area contributed by atoms with Gasteiger partial charge in [0.05, 0.1) is 18.6 Å². The molecule has 0 aromatic heterocycles. The second-order valence-corrected chi connectivity index (χ2v) is 11.6. The average Bonchev–Trinajstić information content (AvgIpc) is 2.52. The van der Waals surface area contributed by atoms with Crippen molar-refractivity contribution in [3.05, 3.63) is 35.9 Å². The molecule has 1 aliphatic carbocycles. The van der Waals surface area contributed by atoms with Crippen LogP contribution in [0.3, 0.4) is 0 Å². The van der Waals surface area contributed by atoms with Crippen molar-refractivity contribution in [2.24, 2.45) is 5.41 Å². The first-order chi connectivity index (χ1) is 10.4. The molecule has 0 aliphatic heterocycles. The van der Waals surface area contributed by atoms with E-state index in [0.29, 0.717) is 0 Å². The number of carbonyl (C=O) groups is 1. The first-order valence-electron chi connectivity index (χ1n) is 8.12. The molecule has 0 heterocycles. The van der Waals surface area contributed by atoms with Gasteiger partial charge in [0.25, 0.3) is 0 Å². The van der Waals surface area contributed by atoms with Gasteiger partial charge in [-0.25, -0.2) is 0 Å². The van der Waals surface area contributed by atoms with Gasteiger partial charge in [0.1, 0.15) is 0 Å². The van der Waals surface area contributed by atoms with Crippen LogP contribution in [0.1, 0.15) is 43.8 Å². The molecule has 0 saturated heterocycles. The Hall–Kier alpha value is -0.536. The Kier molecular flexibility index (Phi) is 7.61. The zero-order valence-corrected chi connectivity index (χ0v) is 16.1. The third-order valence-electron chi connectivity index (χ3n) is 4.33. The van der Waals surface area contributed by atoms with Crippen LogP contribution in [0, 0.1) is 11.5 Å². The fraction of sp³-hybridized carbons (Fsp3) is 0.611. The largest absolute Gasteiger partial charge is 1.00 e. The molecular formula is C18H27LiO3Si. The Morgan fingerprint density at radius 3 is 2.35 bits per heavy atom. The van der Waals surface area contributed by atoms with Crippen LogP contribution < -0.4 is 18.9 Å².